The molecule has 1 aliphatic rings. The number of nitrogens with zero attached hydrogens (tertiary/aromatic N) is 2. The molecule has 1 aromatic heterocycles. The Hall–Kier alpha value is -1.71. The third-order valence-electron chi connectivity index (χ3n) is 6.06. The molecule has 4 rings (SSSR count). The number of hydrogen-bond acceptors (Lipinski definition) is 5. The number of nitrogens with one attached hydrogen (secondary N) is 1. The molecule has 2 aromatic carbocycles. The number of rotatable bonds is 8. The zero-order chi connectivity index (χ0) is 22.7. The highest BCUT2D eigenvalue weighted by atomic mass is 35.5. The number of thiazole rings is 1. The molecule has 6 nitrogen and oxygen atoms in total. The third kappa shape index (κ3) is 5.43. The fourth-order valence-corrected chi connectivity index (χ4v) is 6.34. The Labute approximate surface area is 197 Å². The highest BCUT2D eigenvalue weighted by Crippen LogP contribution is 2.24. The van der Waals surface area contributed by atoms with Crippen LogP contribution >= 0.6 is 22.9 Å². The summed E-state index contributed by atoms with van der Waals surface area (Å²) < 4.78 is 30.5. The van der Waals surface area contributed by atoms with Gasteiger partial charge in [-0.15, -0.1) is 0 Å². The summed E-state index contributed by atoms with van der Waals surface area (Å²) in [6.07, 6.45) is 3.20. The van der Waals surface area contributed by atoms with Crippen molar-refractivity contribution >= 4 is 43.2 Å². The first-order valence-electron chi connectivity index (χ1n) is 10.9. The number of hydrogen-bond donors (Lipinski definition) is 1. The van der Waals surface area contributed by atoms with Gasteiger partial charge in [0.05, 0.1) is 21.7 Å². The molecule has 1 fully saturated rings. The normalized spacial score (nSPS) is 16.1. The molecule has 0 bridgehead atoms. The van der Waals surface area contributed by atoms with Gasteiger partial charge in [-0.2, -0.15) is 0 Å². The van der Waals surface area contributed by atoms with E-state index in [1.807, 2.05) is 18.2 Å². The minimum absolute atomic E-state index is 0.140. The maximum Gasteiger partial charge on any atom is 0.308 e. The monoisotopic (exact) mass is 493 g/mol. The van der Waals surface area contributed by atoms with Gasteiger partial charge in [-0.3, -0.25) is 9.36 Å². The molecule has 172 valence electrons. The van der Waals surface area contributed by atoms with Gasteiger partial charge in [-0.05, 0) is 74.6 Å². The summed E-state index contributed by atoms with van der Waals surface area (Å²) in [7, 11) is -3.63. The van der Waals surface area contributed by atoms with E-state index in [0.717, 1.165) is 48.9 Å². The van der Waals surface area contributed by atoms with Crippen molar-refractivity contribution in [3.05, 3.63) is 62.7 Å². The van der Waals surface area contributed by atoms with Crippen LogP contribution in [0.5, 0.6) is 0 Å². The van der Waals surface area contributed by atoms with Gasteiger partial charge in [0.15, 0.2) is 0 Å². The lowest BCUT2D eigenvalue weighted by atomic mass is 9.99. The van der Waals surface area contributed by atoms with Crippen molar-refractivity contribution in [3.63, 3.8) is 0 Å². The molecule has 3 aromatic rings. The summed E-state index contributed by atoms with van der Waals surface area (Å²) in [5.41, 5.74) is 1.55. The molecule has 9 heteroatoms. The van der Waals surface area contributed by atoms with E-state index >= 15 is 0 Å². The van der Waals surface area contributed by atoms with Crippen LogP contribution in [0.3, 0.4) is 0 Å². The Morgan fingerprint density at radius 2 is 1.91 bits per heavy atom. The van der Waals surface area contributed by atoms with E-state index in [-0.39, 0.29) is 9.77 Å². The van der Waals surface area contributed by atoms with Crippen LogP contribution in [0.1, 0.15) is 31.7 Å². The van der Waals surface area contributed by atoms with Crippen LogP contribution in [0.4, 0.5) is 0 Å². The minimum atomic E-state index is -3.63. The predicted molar refractivity (Wildman–Crippen MR) is 131 cm³/mol. The van der Waals surface area contributed by atoms with Crippen molar-refractivity contribution in [2.24, 2.45) is 5.92 Å². The second-order valence-electron chi connectivity index (χ2n) is 8.45. The Balaban J connectivity index is 1.42. The van der Waals surface area contributed by atoms with Gasteiger partial charge in [0, 0.05) is 11.6 Å². The maximum absolute atomic E-state index is 12.8. The number of fused-ring (bicyclic) bond motifs is 1. The van der Waals surface area contributed by atoms with Crippen molar-refractivity contribution in [2.45, 2.75) is 37.6 Å². The highest BCUT2D eigenvalue weighted by Gasteiger charge is 2.18. The zero-order valence-electron chi connectivity index (χ0n) is 18.1. The fraction of sp³-hybridized carbons (Fsp3) is 0.435. The quantitative estimate of drug-likeness (QED) is 0.478. The van der Waals surface area contributed by atoms with Crippen LogP contribution in [-0.4, -0.2) is 44.1 Å². The van der Waals surface area contributed by atoms with Crippen LogP contribution in [0.2, 0.25) is 5.02 Å². The zero-order valence-corrected chi connectivity index (χ0v) is 20.5. The van der Waals surface area contributed by atoms with Gasteiger partial charge < -0.3 is 4.90 Å². The maximum atomic E-state index is 12.8. The van der Waals surface area contributed by atoms with E-state index in [0.29, 0.717) is 28.3 Å². The fourth-order valence-electron chi connectivity index (χ4n) is 4.04. The van der Waals surface area contributed by atoms with E-state index in [4.69, 9.17) is 11.6 Å². The molecule has 0 amide bonds. The molecule has 0 atom stereocenters. The molecule has 32 heavy (non-hydrogen) atoms. The lowest BCUT2D eigenvalue weighted by Gasteiger charge is -2.30. The Kier molecular flexibility index (Phi) is 7.37. The molecule has 0 unspecified atom stereocenters. The van der Waals surface area contributed by atoms with Crippen LogP contribution in [0, 0.1) is 5.92 Å². The van der Waals surface area contributed by atoms with Crippen LogP contribution in [-0.2, 0) is 16.6 Å². The molecule has 0 radical (unpaired) electrons. The van der Waals surface area contributed by atoms with Crippen molar-refractivity contribution in [1.82, 2.24) is 14.2 Å². The van der Waals surface area contributed by atoms with E-state index in [1.165, 1.54) is 12.8 Å². The molecule has 1 aliphatic heterocycles. The molecule has 0 aliphatic carbocycles. The lowest BCUT2D eigenvalue weighted by molar-refractivity contribution is 0.191. The summed E-state index contributed by atoms with van der Waals surface area (Å²) >= 11 is 7.29. The van der Waals surface area contributed by atoms with Gasteiger partial charge in [0.25, 0.3) is 0 Å². The highest BCUT2D eigenvalue weighted by molar-refractivity contribution is 7.89. The van der Waals surface area contributed by atoms with E-state index in [2.05, 4.69) is 16.5 Å². The summed E-state index contributed by atoms with van der Waals surface area (Å²) in [6, 6.07) is 12.2. The van der Waals surface area contributed by atoms with Crippen molar-refractivity contribution in [3.8, 4) is 0 Å². The largest absolute Gasteiger partial charge is 0.308 e. The average molecular weight is 494 g/mol. The molecule has 0 saturated carbocycles. The van der Waals surface area contributed by atoms with Gasteiger partial charge in [0.1, 0.15) is 0 Å². The third-order valence-corrected chi connectivity index (χ3v) is 8.83. The number of sulfonamides is 1. The first-order valence-corrected chi connectivity index (χ1v) is 13.6. The minimum Gasteiger partial charge on any atom is -0.303 e. The first kappa shape index (κ1) is 23.4. The topological polar surface area (TPSA) is 71.4 Å². The summed E-state index contributed by atoms with van der Waals surface area (Å²) in [5.74, 6) is 0.787. The number of halogens is 1. The Morgan fingerprint density at radius 3 is 2.66 bits per heavy atom. The first-order chi connectivity index (χ1) is 15.3. The molecular formula is C23H28ClN3O3S2. The smallest absolute Gasteiger partial charge is 0.303 e. The summed E-state index contributed by atoms with van der Waals surface area (Å²) in [5, 5.41) is 0.598. The summed E-state index contributed by atoms with van der Waals surface area (Å²) in [4.78, 5) is 15.0. The molecule has 0 spiro atoms. The predicted octanol–water partition coefficient (Wildman–Crippen LogP) is 4.17. The van der Waals surface area contributed by atoms with E-state index in [9.17, 15) is 13.2 Å². The van der Waals surface area contributed by atoms with Crippen LogP contribution in [0.25, 0.3) is 10.2 Å². The van der Waals surface area contributed by atoms with Crippen LogP contribution in [0.15, 0.2) is 52.2 Å². The van der Waals surface area contributed by atoms with Gasteiger partial charge in [-0.1, -0.05) is 48.1 Å². The Bertz CT molecular complexity index is 1240. The number of aromatic nitrogens is 1. The molecule has 2 heterocycles. The number of likely N-dealkylation sites (tertiary alicyclic amines) is 1. The van der Waals surface area contributed by atoms with Crippen molar-refractivity contribution in [1.29, 1.82) is 0 Å². The van der Waals surface area contributed by atoms with Crippen molar-refractivity contribution in [2.75, 3.05) is 26.2 Å². The number of benzene rings is 2. The van der Waals surface area contributed by atoms with Crippen LogP contribution < -0.4 is 9.60 Å². The van der Waals surface area contributed by atoms with E-state index < -0.39 is 10.0 Å². The average Bonchev–Trinajstić information content (AvgIpc) is 3.08. The van der Waals surface area contributed by atoms with Gasteiger partial charge in [-0.25, -0.2) is 13.1 Å². The number of piperidine rings is 1. The SMILES string of the molecule is CC1CCN(CCCNS(=O)(=O)c2ccc3c(c2)sc(=O)n3Cc2ccccc2Cl)CC1. The lowest BCUT2D eigenvalue weighted by Crippen LogP contribution is -2.35. The molecular weight excluding hydrogens is 466 g/mol. The van der Waals surface area contributed by atoms with E-state index in [1.54, 1.807) is 28.8 Å². The standard InChI is InChI=1S/C23H28ClN3O3S2/c1-17-9-13-26(14-10-17)12-4-11-25-32(29,30)19-7-8-21-22(15-19)31-23(28)27(21)16-18-5-2-3-6-20(18)24/h2-3,5-8,15,17,25H,4,9-14,16H2,1H3. The van der Waals surface area contributed by atoms with Gasteiger partial charge in [0.2, 0.25) is 10.0 Å². The molecule has 1 saturated heterocycles. The second-order valence-corrected chi connectivity index (χ2v) is 11.6. The van der Waals surface area contributed by atoms with Gasteiger partial charge >= 0.3 is 4.87 Å². The summed E-state index contributed by atoms with van der Waals surface area (Å²) in [6.45, 7) is 6.11. The second kappa shape index (κ2) is 10.1. The molecule has 1 N–H and O–H groups in total. The Morgan fingerprint density at radius 1 is 1.16 bits per heavy atom. The van der Waals surface area contributed by atoms with Crippen molar-refractivity contribution < 1.29 is 8.42 Å².